The molecule has 1 saturated carbocycles. The first-order chi connectivity index (χ1) is 11.3. The van der Waals surface area contributed by atoms with Crippen LogP contribution < -0.4 is 5.32 Å². The molecule has 0 spiro atoms. The summed E-state index contributed by atoms with van der Waals surface area (Å²) >= 11 is 0. The molecular weight excluding hydrogens is 328 g/mol. The minimum Gasteiger partial charge on any atom is -0.349 e. The number of carbonyl (C=O) groups excluding carboxylic acids is 1. The van der Waals surface area contributed by atoms with Crippen LogP contribution in [-0.4, -0.2) is 51.7 Å². The van der Waals surface area contributed by atoms with E-state index in [0.29, 0.717) is 25.8 Å². The van der Waals surface area contributed by atoms with Crippen LogP contribution in [0.25, 0.3) is 0 Å². The molecule has 0 saturated heterocycles. The van der Waals surface area contributed by atoms with E-state index in [1.807, 2.05) is 30.3 Å². The normalized spacial score (nSPS) is 24.5. The highest BCUT2D eigenvalue weighted by Gasteiger charge is 2.36. The molecule has 1 fully saturated rings. The Morgan fingerprint density at radius 3 is 2.50 bits per heavy atom. The SMILES string of the molecule is CN(C)C(=O)[C@H]1CC[C@@H](OS(C)(=O)=O)[C@H](NCc2ccccc2)C1. The summed E-state index contributed by atoms with van der Waals surface area (Å²) in [7, 11) is -0.0413. The van der Waals surface area contributed by atoms with Gasteiger partial charge in [0.05, 0.1) is 12.4 Å². The van der Waals surface area contributed by atoms with Gasteiger partial charge in [-0.05, 0) is 24.8 Å². The van der Waals surface area contributed by atoms with Gasteiger partial charge < -0.3 is 10.2 Å². The Hall–Kier alpha value is -1.44. The van der Waals surface area contributed by atoms with Gasteiger partial charge in [-0.1, -0.05) is 30.3 Å². The third-order valence-corrected chi connectivity index (χ3v) is 4.88. The molecule has 0 aliphatic heterocycles. The van der Waals surface area contributed by atoms with Crippen molar-refractivity contribution >= 4 is 16.0 Å². The van der Waals surface area contributed by atoms with Crippen molar-refractivity contribution in [2.24, 2.45) is 5.92 Å². The summed E-state index contributed by atoms with van der Waals surface area (Å²) in [5, 5.41) is 3.37. The summed E-state index contributed by atoms with van der Waals surface area (Å²) in [6, 6.07) is 9.70. The first kappa shape index (κ1) is 18.9. The molecule has 1 aromatic carbocycles. The largest absolute Gasteiger partial charge is 0.349 e. The van der Waals surface area contributed by atoms with E-state index in [1.54, 1.807) is 19.0 Å². The molecule has 3 atom stereocenters. The van der Waals surface area contributed by atoms with Crippen LogP contribution >= 0.6 is 0 Å². The van der Waals surface area contributed by atoms with Crippen molar-refractivity contribution in [2.45, 2.75) is 38.0 Å². The lowest BCUT2D eigenvalue weighted by molar-refractivity contribution is -0.134. The lowest BCUT2D eigenvalue weighted by Gasteiger charge is -2.36. The number of nitrogens with zero attached hydrogens (tertiary/aromatic N) is 1. The van der Waals surface area contributed by atoms with E-state index in [9.17, 15) is 13.2 Å². The quantitative estimate of drug-likeness (QED) is 0.781. The van der Waals surface area contributed by atoms with E-state index in [1.165, 1.54) is 0 Å². The van der Waals surface area contributed by atoms with Crippen LogP contribution in [0.2, 0.25) is 0 Å². The monoisotopic (exact) mass is 354 g/mol. The molecule has 6 nitrogen and oxygen atoms in total. The Morgan fingerprint density at radius 1 is 1.25 bits per heavy atom. The third kappa shape index (κ3) is 5.58. The molecule has 7 heteroatoms. The second-order valence-electron chi connectivity index (χ2n) is 6.55. The van der Waals surface area contributed by atoms with Gasteiger partial charge in [0.1, 0.15) is 0 Å². The van der Waals surface area contributed by atoms with Crippen LogP contribution in [0.1, 0.15) is 24.8 Å². The molecule has 1 aliphatic carbocycles. The highest BCUT2D eigenvalue weighted by atomic mass is 32.2. The van der Waals surface area contributed by atoms with Crippen LogP contribution in [0.4, 0.5) is 0 Å². The summed E-state index contributed by atoms with van der Waals surface area (Å²) in [5.74, 6) is -0.0213. The summed E-state index contributed by atoms with van der Waals surface area (Å²) in [6.07, 6.45) is 2.39. The van der Waals surface area contributed by atoms with E-state index >= 15 is 0 Å². The number of nitrogens with one attached hydrogen (secondary N) is 1. The lowest BCUT2D eigenvalue weighted by atomic mass is 9.83. The highest BCUT2D eigenvalue weighted by Crippen LogP contribution is 2.29. The molecule has 1 aliphatic rings. The summed E-state index contributed by atoms with van der Waals surface area (Å²) in [6.45, 7) is 0.609. The Kier molecular flexibility index (Phi) is 6.37. The molecule has 1 amide bonds. The number of benzene rings is 1. The Labute approximate surface area is 144 Å². The van der Waals surface area contributed by atoms with E-state index < -0.39 is 16.2 Å². The first-order valence-corrected chi connectivity index (χ1v) is 9.94. The van der Waals surface area contributed by atoms with Crippen molar-refractivity contribution in [1.29, 1.82) is 0 Å². The molecule has 1 aromatic rings. The average Bonchev–Trinajstić information content (AvgIpc) is 2.52. The molecule has 0 bridgehead atoms. The smallest absolute Gasteiger partial charge is 0.264 e. The van der Waals surface area contributed by atoms with E-state index in [-0.39, 0.29) is 17.9 Å². The van der Waals surface area contributed by atoms with Crippen LogP contribution in [0, 0.1) is 5.92 Å². The fraction of sp³-hybridized carbons (Fsp3) is 0.588. The van der Waals surface area contributed by atoms with Crippen molar-refractivity contribution in [1.82, 2.24) is 10.2 Å². The van der Waals surface area contributed by atoms with Gasteiger partial charge in [-0.25, -0.2) is 0 Å². The van der Waals surface area contributed by atoms with Crippen LogP contribution in [0.5, 0.6) is 0 Å². The minimum atomic E-state index is -3.53. The van der Waals surface area contributed by atoms with E-state index in [0.717, 1.165) is 11.8 Å². The topological polar surface area (TPSA) is 75.7 Å². The molecule has 0 heterocycles. The fourth-order valence-electron chi connectivity index (χ4n) is 3.13. The zero-order valence-corrected chi connectivity index (χ0v) is 15.3. The van der Waals surface area contributed by atoms with Crippen LogP contribution in [0.15, 0.2) is 30.3 Å². The number of hydrogen-bond acceptors (Lipinski definition) is 5. The third-order valence-electron chi connectivity index (χ3n) is 4.29. The van der Waals surface area contributed by atoms with Gasteiger partial charge in [0.15, 0.2) is 0 Å². The molecule has 2 rings (SSSR count). The van der Waals surface area contributed by atoms with Crippen LogP contribution in [0.3, 0.4) is 0 Å². The Morgan fingerprint density at radius 2 is 1.92 bits per heavy atom. The Balaban J connectivity index is 2.06. The summed E-state index contributed by atoms with van der Waals surface area (Å²) < 4.78 is 28.3. The predicted molar refractivity (Wildman–Crippen MR) is 92.8 cm³/mol. The van der Waals surface area contributed by atoms with Crippen molar-refractivity contribution in [2.75, 3.05) is 20.4 Å². The van der Waals surface area contributed by atoms with Crippen molar-refractivity contribution in [3.63, 3.8) is 0 Å². The van der Waals surface area contributed by atoms with Gasteiger partial charge in [0.2, 0.25) is 5.91 Å². The molecule has 24 heavy (non-hydrogen) atoms. The predicted octanol–water partition coefficient (Wildman–Crippen LogP) is 1.38. The maximum Gasteiger partial charge on any atom is 0.264 e. The molecule has 0 radical (unpaired) electrons. The second kappa shape index (κ2) is 8.09. The van der Waals surface area contributed by atoms with Gasteiger partial charge in [-0.3, -0.25) is 8.98 Å². The second-order valence-corrected chi connectivity index (χ2v) is 8.16. The van der Waals surface area contributed by atoms with Gasteiger partial charge in [-0.15, -0.1) is 0 Å². The number of hydrogen-bond donors (Lipinski definition) is 1. The van der Waals surface area contributed by atoms with Gasteiger partial charge in [-0.2, -0.15) is 8.42 Å². The molecule has 1 N–H and O–H groups in total. The van der Waals surface area contributed by atoms with E-state index in [2.05, 4.69) is 5.32 Å². The number of amides is 1. The molecular formula is C17H26N2O4S. The van der Waals surface area contributed by atoms with Gasteiger partial charge >= 0.3 is 0 Å². The lowest BCUT2D eigenvalue weighted by Crippen LogP contribution is -2.48. The zero-order chi connectivity index (χ0) is 17.7. The van der Waals surface area contributed by atoms with Gasteiger partial charge in [0, 0.05) is 32.6 Å². The van der Waals surface area contributed by atoms with Crippen molar-refractivity contribution in [3.8, 4) is 0 Å². The fourth-order valence-corrected chi connectivity index (χ4v) is 3.81. The standard InChI is InChI=1S/C17H26N2O4S/c1-19(2)17(20)14-9-10-16(23-24(3,21)22)15(11-14)18-12-13-7-5-4-6-8-13/h4-8,14-16,18H,9-12H2,1-3H3/t14-,15+,16+/m0/s1. The number of rotatable bonds is 6. The molecule has 0 aromatic heterocycles. The van der Waals surface area contributed by atoms with E-state index in [4.69, 9.17) is 4.18 Å². The highest BCUT2D eigenvalue weighted by molar-refractivity contribution is 7.86. The molecule has 0 unspecified atom stereocenters. The first-order valence-electron chi connectivity index (χ1n) is 8.13. The minimum absolute atomic E-state index is 0.0827. The van der Waals surface area contributed by atoms with Gasteiger partial charge in [0.25, 0.3) is 10.1 Å². The van der Waals surface area contributed by atoms with Crippen LogP contribution in [-0.2, 0) is 25.6 Å². The van der Waals surface area contributed by atoms with Crippen molar-refractivity contribution < 1.29 is 17.4 Å². The maximum atomic E-state index is 12.2. The number of carbonyl (C=O) groups is 1. The Bertz CT molecular complexity index is 646. The van der Waals surface area contributed by atoms with Crippen molar-refractivity contribution in [3.05, 3.63) is 35.9 Å². The summed E-state index contributed by atoms with van der Waals surface area (Å²) in [4.78, 5) is 13.8. The molecule has 134 valence electrons. The zero-order valence-electron chi connectivity index (χ0n) is 14.4. The average molecular weight is 354 g/mol. The maximum absolute atomic E-state index is 12.2. The summed E-state index contributed by atoms with van der Waals surface area (Å²) in [5.41, 5.74) is 1.11.